The zero-order valence-electron chi connectivity index (χ0n) is 12.7. The van der Waals surface area contributed by atoms with Crippen LogP contribution < -0.4 is 15.4 Å². The van der Waals surface area contributed by atoms with E-state index in [1.165, 1.54) is 0 Å². The van der Waals surface area contributed by atoms with E-state index in [1.54, 1.807) is 25.3 Å². The minimum absolute atomic E-state index is 0.0781. The number of amides is 1. The Morgan fingerprint density at radius 3 is 2.48 bits per heavy atom. The Morgan fingerprint density at radius 1 is 1.09 bits per heavy atom. The highest BCUT2D eigenvalue weighted by molar-refractivity contribution is 6.42. The summed E-state index contributed by atoms with van der Waals surface area (Å²) in [6.45, 7) is 1.28. The summed E-state index contributed by atoms with van der Waals surface area (Å²) in [6, 6.07) is 12.8. The van der Waals surface area contributed by atoms with Crippen molar-refractivity contribution in [2.75, 3.05) is 19.0 Å². The lowest BCUT2D eigenvalue weighted by atomic mass is 10.2. The molecule has 0 fully saturated rings. The highest BCUT2D eigenvalue weighted by Crippen LogP contribution is 2.24. The molecule has 0 heterocycles. The molecule has 2 aromatic rings. The fourth-order valence-corrected chi connectivity index (χ4v) is 2.27. The fourth-order valence-electron chi connectivity index (χ4n) is 1.98. The van der Waals surface area contributed by atoms with Gasteiger partial charge in [-0.2, -0.15) is 0 Å². The maximum absolute atomic E-state index is 11.9. The maximum Gasteiger partial charge on any atom is 0.225 e. The summed E-state index contributed by atoms with van der Waals surface area (Å²) in [4.78, 5) is 11.9. The van der Waals surface area contributed by atoms with Crippen molar-refractivity contribution < 1.29 is 9.53 Å². The molecule has 2 N–H and O–H groups in total. The van der Waals surface area contributed by atoms with Gasteiger partial charge in [-0.15, -0.1) is 0 Å². The molecule has 4 nitrogen and oxygen atoms in total. The van der Waals surface area contributed by atoms with Crippen molar-refractivity contribution >= 4 is 34.8 Å². The summed E-state index contributed by atoms with van der Waals surface area (Å²) < 4.78 is 5.11. The van der Waals surface area contributed by atoms with Crippen LogP contribution in [0, 0.1) is 0 Å². The van der Waals surface area contributed by atoms with Crippen molar-refractivity contribution in [3.8, 4) is 5.75 Å². The molecule has 0 spiro atoms. The molecule has 0 radical (unpaired) electrons. The van der Waals surface area contributed by atoms with Gasteiger partial charge in [0.25, 0.3) is 0 Å². The zero-order valence-corrected chi connectivity index (χ0v) is 14.2. The summed E-state index contributed by atoms with van der Waals surface area (Å²) in [6.07, 6.45) is 0.371. The summed E-state index contributed by atoms with van der Waals surface area (Å²) in [5.74, 6) is 0.750. The molecule has 2 rings (SSSR count). The first-order chi connectivity index (χ1) is 11.1. The lowest BCUT2D eigenvalue weighted by Gasteiger charge is -2.08. The number of methoxy groups -OCH3 is 1. The Labute approximate surface area is 145 Å². The molecular formula is C17H18Cl2N2O2. The predicted molar refractivity (Wildman–Crippen MR) is 94.4 cm³/mol. The third kappa shape index (κ3) is 5.75. The molecule has 0 aliphatic carbocycles. The van der Waals surface area contributed by atoms with Gasteiger partial charge in [-0.25, -0.2) is 0 Å². The Hall–Kier alpha value is -1.75. The second-order valence-electron chi connectivity index (χ2n) is 4.95. The predicted octanol–water partition coefficient (Wildman–Crippen LogP) is 4.12. The molecule has 0 aliphatic heterocycles. The number of benzene rings is 2. The van der Waals surface area contributed by atoms with Crippen LogP contribution in [0.25, 0.3) is 0 Å². The third-order valence-corrected chi connectivity index (χ3v) is 3.96. The van der Waals surface area contributed by atoms with Gasteiger partial charge in [0, 0.05) is 25.2 Å². The number of hydrogen-bond acceptors (Lipinski definition) is 3. The van der Waals surface area contributed by atoms with E-state index >= 15 is 0 Å². The SMILES string of the molecule is COc1ccc(CNCCC(=O)Nc2ccc(Cl)c(Cl)c2)cc1. The van der Waals surface area contributed by atoms with E-state index in [-0.39, 0.29) is 5.91 Å². The molecular weight excluding hydrogens is 335 g/mol. The second-order valence-corrected chi connectivity index (χ2v) is 5.77. The minimum atomic E-state index is -0.0781. The van der Waals surface area contributed by atoms with E-state index in [2.05, 4.69) is 10.6 Å². The smallest absolute Gasteiger partial charge is 0.225 e. The number of nitrogens with one attached hydrogen (secondary N) is 2. The van der Waals surface area contributed by atoms with Crippen LogP contribution in [0.15, 0.2) is 42.5 Å². The molecule has 0 atom stereocenters. The Bertz CT molecular complexity index is 660. The van der Waals surface area contributed by atoms with Gasteiger partial charge in [-0.3, -0.25) is 4.79 Å². The minimum Gasteiger partial charge on any atom is -0.497 e. The topological polar surface area (TPSA) is 50.4 Å². The normalized spacial score (nSPS) is 10.4. The third-order valence-electron chi connectivity index (χ3n) is 3.22. The van der Waals surface area contributed by atoms with E-state index in [0.717, 1.165) is 11.3 Å². The van der Waals surface area contributed by atoms with Crippen molar-refractivity contribution in [2.24, 2.45) is 0 Å². The summed E-state index contributed by atoms with van der Waals surface area (Å²) in [5, 5.41) is 6.90. The lowest BCUT2D eigenvalue weighted by Crippen LogP contribution is -2.21. The van der Waals surface area contributed by atoms with Crippen molar-refractivity contribution in [2.45, 2.75) is 13.0 Å². The van der Waals surface area contributed by atoms with Crippen LogP contribution in [0.5, 0.6) is 5.75 Å². The number of halogens is 2. The first-order valence-electron chi connectivity index (χ1n) is 7.17. The van der Waals surface area contributed by atoms with Crippen molar-refractivity contribution in [1.29, 1.82) is 0 Å². The molecule has 0 bridgehead atoms. The fraction of sp³-hybridized carbons (Fsp3) is 0.235. The molecule has 6 heteroatoms. The van der Waals surface area contributed by atoms with E-state index < -0.39 is 0 Å². The van der Waals surface area contributed by atoms with Gasteiger partial charge >= 0.3 is 0 Å². The first kappa shape index (κ1) is 17.6. The Balaban J connectivity index is 1.70. The molecule has 1 amide bonds. The van der Waals surface area contributed by atoms with Gasteiger partial charge in [-0.05, 0) is 35.9 Å². The van der Waals surface area contributed by atoms with Gasteiger partial charge in [0.2, 0.25) is 5.91 Å². The number of anilines is 1. The van der Waals surface area contributed by atoms with Gasteiger partial charge in [-0.1, -0.05) is 35.3 Å². The van der Waals surface area contributed by atoms with E-state index in [9.17, 15) is 4.79 Å². The molecule has 0 saturated heterocycles. The average Bonchev–Trinajstić information content (AvgIpc) is 2.55. The molecule has 122 valence electrons. The van der Waals surface area contributed by atoms with E-state index in [4.69, 9.17) is 27.9 Å². The van der Waals surface area contributed by atoms with E-state index in [0.29, 0.717) is 35.2 Å². The van der Waals surface area contributed by atoms with Crippen molar-refractivity contribution in [3.63, 3.8) is 0 Å². The standard InChI is InChI=1S/C17H18Cl2N2O2/c1-23-14-5-2-12(3-6-14)11-20-9-8-17(22)21-13-4-7-15(18)16(19)10-13/h2-7,10,20H,8-9,11H2,1H3,(H,21,22). The summed E-state index contributed by atoms with van der Waals surface area (Å²) >= 11 is 11.7. The van der Waals surface area contributed by atoms with Gasteiger partial charge < -0.3 is 15.4 Å². The van der Waals surface area contributed by atoms with Crippen LogP contribution >= 0.6 is 23.2 Å². The number of ether oxygens (including phenoxy) is 1. The van der Waals surface area contributed by atoms with Crippen molar-refractivity contribution in [3.05, 3.63) is 58.1 Å². The van der Waals surface area contributed by atoms with E-state index in [1.807, 2.05) is 24.3 Å². The van der Waals surface area contributed by atoms with Gasteiger partial charge in [0.1, 0.15) is 5.75 Å². The highest BCUT2D eigenvalue weighted by atomic mass is 35.5. The van der Waals surface area contributed by atoms with Crippen LogP contribution in [0.2, 0.25) is 10.0 Å². The molecule has 0 saturated carbocycles. The molecule has 23 heavy (non-hydrogen) atoms. The molecule has 0 aliphatic rings. The van der Waals surface area contributed by atoms with Crippen LogP contribution in [-0.4, -0.2) is 19.6 Å². The van der Waals surface area contributed by atoms with Crippen LogP contribution in [0.3, 0.4) is 0 Å². The monoisotopic (exact) mass is 352 g/mol. The molecule has 0 unspecified atom stereocenters. The first-order valence-corrected chi connectivity index (χ1v) is 7.92. The molecule has 0 aromatic heterocycles. The Kier molecular flexibility index (Phi) is 6.71. The Morgan fingerprint density at radius 2 is 1.83 bits per heavy atom. The van der Waals surface area contributed by atoms with Crippen LogP contribution in [0.4, 0.5) is 5.69 Å². The van der Waals surface area contributed by atoms with Crippen molar-refractivity contribution in [1.82, 2.24) is 5.32 Å². The summed E-state index contributed by atoms with van der Waals surface area (Å²) in [7, 11) is 1.64. The quantitative estimate of drug-likeness (QED) is 0.737. The largest absolute Gasteiger partial charge is 0.497 e. The zero-order chi connectivity index (χ0) is 16.7. The highest BCUT2D eigenvalue weighted by Gasteiger charge is 2.04. The summed E-state index contributed by atoms with van der Waals surface area (Å²) in [5.41, 5.74) is 1.77. The number of carbonyl (C=O) groups is 1. The number of rotatable bonds is 7. The van der Waals surface area contributed by atoms with Crippen LogP contribution in [0.1, 0.15) is 12.0 Å². The number of carbonyl (C=O) groups excluding carboxylic acids is 1. The second kappa shape index (κ2) is 8.77. The molecule has 2 aromatic carbocycles. The number of hydrogen-bond donors (Lipinski definition) is 2. The van der Waals surface area contributed by atoms with Gasteiger partial charge in [0.15, 0.2) is 0 Å². The average molecular weight is 353 g/mol. The van der Waals surface area contributed by atoms with Gasteiger partial charge in [0.05, 0.1) is 17.2 Å². The van der Waals surface area contributed by atoms with Crippen LogP contribution in [-0.2, 0) is 11.3 Å². The lowest BCUT2D eigenvalue weighted by molar-refractivity contribution is -0.116. The maximum atomic E-state index is 11.9.